The van der Waals surface area contributed by atoms with Crippen molar-refractivity contribution in [2.75, 3.05) is 6.61 Å². The highest BCUT2D eigenvalue weighted by atomic mass is 16.7. The van der Waals surface area contributed by atoms with E-state index in [0.29, 0.717) is 6.61 Å². The van der Waals surface area contributed by atoms with Crippen molar-refractivity contribution in [3.05, 3.63) is 0 Å². The van der Waals surface area contributed by atoms with Crippen LogP contribution in [0.1, 0.15) is 71.1 Å². The Labute approximate surface area is 150 Å². The highest BCUT2D eigenvalue weighted by molar-refractivity contribution is 5.73. The zero-order chi connectivity index (χ0) is 18.7. The monoisotopic (exact) mass is 362 g/mol. The molecule has 4 N–H and O–H groups in total. The molecule has 1 fully saturated rings. The van der Waals surface area contributed by atoms with Gasteiger partial charge in [-0.3, -0.25) is 0 Å². The minimum absolute atomic E-state index is 0.313. The number of carbonyl (C=O) groups is 1. The molecule has 0 aromatic rings. The Bertz CT molecular complexity index is 363. The van der Waals surface area contributed by atoms with Crippen molar-refractivity contribution in [3.8, 4) is 0 Å². The summed E-state index contributed by atoms with van der Waals surface area (Å²) in [7, 11) is 0. The summed E-state index contributed by atoms with van der Waals surface area (Å²) >= 11 is 0. The van der Waals surface area contributed by atoms with Crippen LogP contribution in [-0.2, 0) is 14.3 Å². The predicted molar refractivity (Wildman–Crippen MR) is 92.1 cm³/mol. The van der Waals surface area contributed by atoms with Crippen LogP contribution in [-0.4, -0.2) is 63.7 Å². The molecule has 1 aliphatic heterocycles. The predicted octanol–water partition coefficient (Wildman–Crippen LogP) is 1.82. The van der Waals surface area contributed by atoms with Crippen LogP contribution >= 0.6 is 0 Å². The van der Waals surface area contributed by atoms with Crippen LogP contribution < -0.4 is 0 Å². The van der Waals surface area contributed by atoms with Gasteiger partial charge in [-0.2, -0.15) is 0 Å². The number of unbranched alkanes of at least 4 members (excludes halogenated alkanes) is 9. The average Bonchev–Trinajstić information content (AvgIpc) is 2.59. The minimum atomic E-state index is -1.68. The van der Waals surface area contributed by atoms with Crippen LogP contribution in [0.4, 0.5) is 0 Å². The summed E-state index contributed by atoms with van der Waals surface area (Å²) < 4.78 is 10.4. The van der Waals surface area contributed by atoms with E-state index in [9.17, 15) is 20.1 Å². The zero-order valence-corrected chi connectivity index (χ0v) is 15.2. The lowest BCUT2D eigenvalue weighted by atomic mass is 9.99. The van der Waals surface area contributed by atoms with Crippen molar-refractivity contribution in [3.63, 3.8) is 0 Å². The van der Waals surface area contributed by atoms with Crippen molar-refractivity contribution in [1.82, 2.24) is 0 Å². The molecule has 25 heavy (non-hydrogen) atoms. The van der Waals surface area contributed by atoms with Crippen LogP contribution in [0.5, 0.6) is 0 Å². The summed E-state index contributed by atoms with van der Waals surface area (Å²) in [6.45, 7) is 2.53. The molecular weight excluding hydrogens is 328 g/mol. The van der Waals surface area contributed by atoms with Gasteiger partial charge in [0.25, 0.3) is 0 Å². The molecule has 1 saturated heterocycles. The highest BCUT2D eigenvalue weighted by Crippen LogP contribution is 2.22. The zero-order valence-electron chi connectivity index (χ0n) is 15.2. The number of carboxylic acid groups (broad SMARTS) is 1. The first-order valence-corrected chi connectivity index (χ1v) is 9.53. The van der Waals surface area contributed by atoms with E-state index in [-0.39, 0.29) is 0 Å². The lowest BCUT2D eigenvalue weighted by Crippen LogP contribution is -2.60. The summed E-state index contributed by atoms with van der Waals surface area (Å²) in [4.78, 5) is 11.0. The van der Waals surface area contributed by atoms with Gasteiger partial charge in [-0.15, -0.1) is 0 Å². The van der Waals surface area contributed by atoms with Crippen LogP contribution in [0, 0.1) is 0 Å². The van der Waals surface area contributed by atoms with E-state index in [4.69, 9.17) is 14.6 Å². The van der Waals surface area contributed by atoms with Gasteiger partial charge >= 0.3 is 5.97 Å². The van der Waals surface area contributed by atoms with Crippen LogP contribution in [0.15, 0.2) is 0 Å². The number of aliphatic carboxylic acids is 1. The SMILES string of the molecule is CCCCCCCCCCCCOC1O[C@H](C(=O)O)[C@H](O)[C@@H](O)[C@H]1O. The van der Waals surface area contributed by atoms with Gasteiger partial charge in [0, 0.05) is 6.61 Å². The van der Waals surface area contributed by atoms with Gasteiger partial charge < -0.3 is 29.9 Å². The van der Waals surface area contributed by atoms with E-state index in [1.54, 1.807) is 0 Å². The molecule has 0 bridgehead atoms. The summed E-state index contributed by atoms with van der Waals surface area (Å²) in [5.41, 5.74) is 0. The van der Waals surface area contributed by atoms with E-state index in [2.05, 4.69) is 6.92 Å². The maximum absolute atomic E-state index is 11.0. The first-order chi connectivity index (χ1) is 12.0. The fourth-order valence-electron chi connectivity index (χ4n) is 2.98. The third kappa shape index (κ3) is 8.00. The lowest BCUT2D eigenvalue weighted by molar-refractivity contribution is -0.294. The maximum Gasteiger partial charge on any atom is 0.335 e. The molecule has 0 aromatic heterocycles. The quantitative estimate of drug-likeness (QED) is 0.369. The van der Waals surface area contributed by atoms with E-state index in [1.165, 1.54) is 44.9 Å². The van der Waals surface area contributed by atoms with Gasteiger partial charge in [-0.25, -0.2) is 4.79 Å². The standard InChI is InChI=1S/C18H34O7/c1-2-3-4-5-6-7-8-9-10-11-12-24-18-15(21)13(19)14(20)16(25-18)17(22)23/h13-16,18-21H,2-12H2,1H3,(H,22,23)/t13-,14-,15-,16+,18?/m1/s1. The first kappa shape index (κ1) is 22.3. The number of hydrogen-bond donors (Lipinski definition) is 4. The molecule has 0 aliphatic carbocycles. The van der Waals surface area contributed by atoms with Crippen molar-refractivity contribution in [1.29, 1.82) is 0 Å². The summed E-state index contributed by atoms with van der Waals surface area (Å²) in [5, 5.41) is 38.0. The Morgan fingerprint density at radius 2 is 1.36 bits per heavy atom. The topological polar surface area (TPSA) is 116 Å². The molecule has 0 spiro atoms. The Balaban J connectivity index is 2.10. The third-order valence-electron chi connectivity index (χ3n) is 4.59. The molecule has 1 rings (SSSR count). The molecule has 1 aliphatic rings. The molecule has 1 heterocycles. The number of carboxylic acids is 1. The molecule has 0 saturated carbocycles. The van der Waals surface area contributed by atoms with E-state index < -0.39 is 36.7 Å². The second-order valence-corrected chi connectivity index (χ2v) is 6.79. The number of aliphatic hydroxyl groups excluding tert-OH is 3. The highest BCUT2D eigenvalue weighted by Gasteiger charge is 2.47. The summed E-state index contributed by atoms with van der Waals surface area (Å²) in [5.74, 6) is -1.40. The van der Waals surface area contributed by atoms with Crippen LogP contribution in [0.3, 0.4) is 0 Å². The van der Waals surface area contributed by atoms with Crippen molar-refractivity contribution < 1.29 is 34.7 Å². The molecule has 1 unspecified atom stereocenters. The minimum Gasteiger partial charge on any atom is -0.479 e. The van der Waals surface area contributed by atoms with Crippen molar-refractivity contribution in [2.45, 2.75) is 102 Å². The van der Waals surface area contributed by atoms with Gasteiger partial charge in [0.05, 0.1) is 0 Å². The van der Waals surface area contributed by atoms with Gasteiger partial charge in [0.15, 0.2) is 12.4 Å². The maximum atomic E-state index is 11.0. The molecule has 7 heteroatoms. The van der Waals surface area contributed by atoms with E-state index in [1.807, 2.05) is 0 Å². The second kappa shape index (κ2) is 12.6. The molecular formula is C18H34O7. The largest absolute Gasteiger partial charge is 0.479 e. The van der Waals surface area contributed by atoms with Gasteiger partial charge in [0.1, 0.15) is 18.3 Å². The van der Waals surface area contributed by atoms with Crippen molar-refractivity contribution >= 4 is 5.97 Å². The van der Waals surface area contributed by atoms with E-state index in [0.717, 1.165) is 19.3 Å². The van der Waals surface area contributed by atoms with E-state index >= 15 is 0 Å². The molecule has 0 aromatic carbocycles. The van der Waals surface area contributed by atoms with Crippen LogP contribution in [0.2, 0.25) is 0 Å². The number of rotatable bonds is 13. The Kier molecular flexibility index (Phi) is 11.2. The van der Waals surface area contributed by atoms with Gasteiger partial charge in [-0.05, 0) is 6.42 Å². The lowest BCUT2D eigenvalue weighted by Gasteiger charge is -2.38. The molecule has 7 nitrogen and oxygen atoms in total. The fourth-order valence-corrected chi connectivity index (χ4v) is 2.98. The fraction of sp³-hybridized carbons (Fsp3) is 0.944. The Morgan fingerprint density at radius 1 is 0.840 bits per heavy atom. The molecule has 0 amide bonds. The Morgan fingerprint density at radius 3 is 1.88 bits per heavy atom. The Hall–Kier alpha value is -0.730. The van der Waals surface area contributed by atoms with Crippen molar-refractivity contribution in [2.24, 2.45) is 0 Å². The smallest absolute Gasteiger partial charge is 0.335 e. The van der Waals surface area contributed by atoms with Gasteiger partial charge in [0.2, 0.25) is 0 Å². The second-order valence-electron chi connectivity index (χ2n) is 6.79. The number of ether oxygens (including phenoxy) is 2. The molecule has 148 valence electrons. The third-order valence-corrected chi connectivity index (χ3v) is 4.59. The summed E-state index contributed by atoms with van der Waals surface area (Å²) in [6.07, 6.45) is 4.26. The molecule has 5 atom stereocenters. The number of aliphatic hydroxyl groups is 3. The first-order valence-electron chi connectivity index (χ1n) is 9.53. The van der Waals surface area contributed by atoms with Crippen LogP contribution in [0.25, 0.3) is 0 Å². The normalized spacial score (nSPS) is 29.7. The average molecular weight is 362 g/mol. The number of hydrogen-bond acceptors (Lipinski definition) is 6. The molecule has 0 radical (unpaired) electrons. The summed E-state index contributed by atoms with van der Waals surface area (Å²) in [6, 6.07) is 0. The van der Waals surface area contributed by atoms with Gasteiger partial charge in [-0.1, -0.05) is 64.7 Å².